The van der Waals surface area contributed by atoms with E-state index in [1.165, 1.54) is 17.8 Å². The summed E-state index contributed by atoms with van der Waals surface area (Å²) in [4.78, 5) is 11.4. The molecule has 0 atom stereocenters. The van der Waals surface area contributed by atoms with Crippen LogP contribution in [-0.4, -0.2) is 43.8 Å². The summed E-state index contributed by atoms with van der Waals surface area (Å²) in [5.74, 6) is -1.30. The SMILES string of the molecule is COCCOCCSc1ccc(F)c(C(=O)O)c1. The van der Waals surface area contributed by atoms with Crippen LogP contribution in [0.25, 0.3) is 0 Å². The first-order valence-corrected chi connectivity index (χ1v) is 6.36. The minimum Gasteiger partial charge on any atom is -0.478 e. The predicted molar refractivity (Wildman–Crippen MR) is 66.8 cm³/mol. The molecule has 0 aromatic heterocycles. The van der Waals surface area contributed by atoms with E-state index in [1.807, 2.05) is 0 Å². The quantitative estimate of drug-likeness (QED) is 0.582. The number of hydrogen-bond donors (Lipinski definition) is 1. The molecule has 1 aromatic rings. The number of methoxy groups -OCH3 is 1. The van der Waals surface area contributed by atoms with Gasteiger partial charge < -0.3 is 14.6 Å². The number of benzene rings is 1. The number of rotatable bonds is 8. The van der Waals surface area contributed by atoms with Gasteiger partial charge in [-0.05, 0) is 18.2 Å². The molecule has 0 spiro atoms. The van der Waals surface area contributed by atoms with Gasteiger partial charge in [0.1, 0.15) is 5.82 Å². The van der Waals surface area contributed by atoms with Crippen LogP contribution in [-0.2, 0) is 9.47 Å². The zero-order chi connectivity index (χ0) is 13.4. The monoisotopic (exact) mass is 274 g/mol. The van der Waals surface area contributed by atoms with Gasteiger partial charge >= 0.3 is 5.97 Å². The van der Waals surface area contributed by atoms with Crippen LogP contribution < -0.4 is 0 Å². The van der Waals surface area contributed by atoms with Gasteiger partial charge in [0.2, 0.25) is 0 Å². The number of halogens is 1. The lowest BCUT2D eigenvalue weighted by Crippen LogP contribution is -2.04. The lowest BCUT2D eigenvalue weighted by Gasteiger charge is -2.05. The van der Waals surface area contributed by atoms with Gasteiger partial charge in [0.05, 0.1) is 25.4 Å². The molecule has 0 amide bonds. The van der Waals surface area contributed by atoms with E-state index in [-0.39, 0.29) is 5.56 Å². The number of carboxylic acid groups (broad SMARTS) is 1. The average Bonchev–Trinajstić information content (AvgIpc) is 2.35. The van der Waals surface area contributed by atoms with Crippen molar-refractivity contribution < 1.29 is 23.8 Å². The van der Waals surface area contributed by atoms with Gasteiger partial charge in [-0.2, -0.15) is 0 Å². The highest BCUT2D eigenvalue weighted by atomic mass is 32.2. The van der Waals surface area contributed by atoms with Gasteiger partial charge in [0.15, 0.2) is 0 Å². The lowest BCUT2D eigenvalue weighted by molar-refractivity contribution is 0.0691. The van der Waals surface area contributed by atoms with Crippen LogP contribution in [0.15, 0.2) is 23.1 Å². The number of thioether (sulfide) groups is 1. The van der Waals surface area contributed by atoms with E-state index in [9.17, 15) is 9.18 Å². The van der Waals surface area contributed by atoms with Crippen LogP contribution in [0.4, 0.5) is 4.39 Å². The summed E-state index contributed by atoms with van der Waals surface area (Å²) in [5.41, 5.74) is -0.305. The molecule has 1 N–H and O–H groups in total. The van der Waals surface area contributed by atoms with Crippen molar-refractivity contribution in [3.63, 3.8) is 0 Å². The number of aromatic carboxylic acids is 1. The Balaban J connectivity index is 2.38. The van der Waals surface area contributed by atoms with Crippen molar-refractivity contribution in [2.75, 3.05) is 32.7 Å². The molecular weight excluding hydrogens is 259 g/mol. The Bertz CT molecular complexity index is 398. The summed E-state index contributed by atoms with van der Waals surface area (Å²) in [7, 11) is 1.60. The smallest absolute Gasteiger partial charge is 0.338 e. The van der Waals surface area contributed by atoms with Crippen molar-refractivity contribution in [3.8, 4) is 0 Å². The third-order valence-electron chi connectivity index (χ3n) is 2.10. The van der Waals surface area contributed by atoms with Crippen LogP contribution >= 0.6 is 11.8 Å². The molecule has 1 rings (SSSR count). The largest absolute Gasteiger partial charge is 0.478 e. The van der Waals surface area contributed by atoms with Crippen LogP contribution in [0.3, 0.4) is 0 Å². The third-order valence-corrected chi connectivity index (χ3v) is 3.05. The molecule has 0 aliphatic carbocycles. The average molecular weight is 274 g/mol. The van der Waals surface area contributed by atoms with Crippen LogP contribution in [0.1, 0.15) is 10.4 Å². The maximum atomic E-state index is 13.1. The normalized spacial score (nSPS) is 10.6. The van der Waals surface area contributed by atoms with E-state index in [4.69, 9.17) is 14.6 Å². The Hall–Kier alpha value is -1.11. The molecular formula is C12H15FO4S. The minimum absolute atomic E-state index is 0.305. The number of carboxylic acids is 1. The molecule has 0 aliphatic rings. The molecule has 4 nitrogen and oxygen atoms in total. The van der Waals surface area contributed by atoms with E-state index < -0.39 is 11.8 Å². The molecule has 1 aromatic carbocycles. The highest BCUT2D eigenvalue weighted by Crippen LogP contribution is 2.21. The second kappa shape index (κ2) is 8.07. The molecule has 0 saturated heterocycles. The molecule has 6 heteroatoms. The Morgan fingerprint density at radius 2 is 2.17 bits per heavy atom. The van der Waals surface area contributed by atoms with Gasteiger partial charge in [0.25, 0.3) is 0 Å². The fourth-order valence-electron chi connectivity index (χ4n) is 1.22. The molecule has 0 heterocycles. The Morgan fingerprint density at radius 1 is 1.39 bits per heavy atom. The zero-order valence-corrected chi connectivity index (χ0v) is 10.8. The van der Waals surface area contributed by atoms with E-state index in [0.29, 0.717) is 30.5 Å². The van der Waals surface area contributed by atoms with E-state index in [1.54, 1.807) is 13.2 Å². The summed E-state index contributed by atoms with van der Waals surface area (Å²) < 4.78 is 23.2. The van der Waals surface area contributed by atoms with Gasteiger partial charge in [-0.1, -0.05) is 0 Å². The second-order valence-electron chi connectivity index (χ2n) is 3.40. The number of ether oxygens (including phenoxy) is 2. The highest BCUT2D eigenvalue weighted by molar-refractivity contribution is 7.99. The Kier molecular flexibility index (Phi) is 6.70. The van der Waals surface area contributed by atoms with Gasteiger partial charge in [-0.25, -0.2) is 9.18 Å². The van der Waals surface area contributed by atoms with Gasteiger partial charge in [0, 0.05) is 17.8 Å². The van der Waals surface area contributed by atoms with Crippen LogP contribution in [0, 0.1) is 5.82 Å². The van der Waals surface area contributed by atoms with Crippen molar-refractivity contribution in [2.45, 2.75) is 4.90 Å². The number of hydrogen-bond acceptors (Lipinski definition) is 4. The van der Waals surface area contributed by atoms with Crippen molar-refractivity contribution in [2.24, 2.45) is 0 Å². The summed E-state index contributed by atoms with van der Waals surface area (Å²) in [6, 6.07) is 4.05. The maximum Gasteiger partial charge on any atom is 0.338 e. The molecule has 0 bridgehead atoms. The van der Waals surface area contributed by atoms with Crippen LogP contribution in [0.2, 0.25) is 0 Å². The van der Waals surface area contributed by atoms with Gasteiger partial charge in [-0.3, -0.25) is 0 Å². The number of carbonyl (C=O) groups is 1. The molecule has 0 saturated carbocycles. The van der Waals surface area contributed by atoms with E-state index in [0.717, 1.165) is 6.07 Å². The summed E-state index contributed by atoms with van der Waals surface area (Å²) in [6.07, 6.45) is 0. The molecule has 0 fully saturated rings. The molecule has 0 aliphatic heterocycles. The molecule has 0 radical (unpaired) electrons. The topological polar surface area (TPSA) is 55.8 Å². The van der Waals surface area contributed by atoms with E-state index in [2.05, 4.69) is 0 Å². The third kappa shape index (κ3) is 5.03. The minimum atomic E-state index is -1.26. The molecule has 0 unspecified atom stereocenters. The standard InChI is InChI=1S/C12H15FO4S/c1-16-4-5-17-6-7-18-9-2-3-11(13)10(8-9)12(14)15/h2-3,8H,4-7H2,1H3,(H,14,15). The van der Waals surface area contributed by atoms with Crippen molar-refractivity contribution in [3.05, 3.63) is 29.6 Å². The first-order chi connectivity index (χ1) is 8.65. The first-order valence-electron chi connectivity index (χ1n) is 5.37. The van der Waals surface area contributed by atoms with Crippen molar-refractivity contribution in [1.82, 2.24) is 0 Å². The lowest BCUT2D eigenvalue weighted by atomic mass is 10.2. The maximum absolute atomic E-state index is 13.1. The zero-order valence-electron chi connectivity index (χ0n) is 10.0. The fourth-order valence-corrected chi connectivity index (χ4v) is 2.02. The summed E-state index contributed by atoms with van der Waals surface area (Å²) >= 11 is 1.42. The van der Waals surface area contributed by atoms with Crippen LogP contribution in [0.5, 0.6) is 0 Å². The molecule has 100 valence electrons. The molecule has 18 heavy (non-hydrogen) atoms. The first kappa shape index (κ1) is 14.9. The summed E-state index contributed by atoms with van der Waals surface area (Å²) in [6.45, 7) is 1.61. The Morgan fingerprint density at radius 3 is 2.83 bits per heavy atom. The van der Waals surface area contributed by atoms with Crippen molar-refractivity contribution >= 4 is 17.7 Å². The summed E-state index contributed by atoms with van der Waals surface area (Å²) in [5, 5.41) is 8.77. The van der Waals surface area contributed by atoms with Crippen molar-refractivity contribution in [1.29, 1.82) is 0 Å². The predicted octanol–water partition coefficient (Wildman–Crippen LogP) is 2.28. The highest BCUT2D eigenvalue weighted by Gasteiger charge is 2.10. The van der Waals surface area contributed by atoms with E-state index >= 15 is 0 Å². The van der Waals surface area contributed by atoms with Gasteiger partial charge in [-0.15, -0.1) is 11.8 Å². The Labute approximate surface area is 109 Å². The fraction of sp³-hybridized carbons (Fsp3) is 0.417. The second-order valence-corrected chi connectivity index (χ2v) is 4.57.